The van der Waals surface area contributed by atoms with Crippen molar-refractivity contribution in [2.24, 2.45) is 5.73 Å². The van der Waals surface area contributed by atoms with E-state index in [0.29, 0.717) is 6.54 Å². The zero-order valence-corrected chi connectivity index (χ0v) is 9.96. The first-order valence-electron chi connectivity index (χ1n) is 5.50. The highest BCUT2D eigenvalue weighted by Gasteiger charge is 2.01. The van der Waals surface area contributed by atoms with Gasteiger partial charge in [0.15, 0.2) is 0 Å². The minimum Gasteiger partial charge on any atom is -0.385 e. The molecule has 0 atom stereocenters. The Morgan fingerprint density at radius 2 is 2.12 bits per heavy atom. The first-order valence-corrected chi connectivity index (χ1v) is 5.50. The number of anilines is 1. The number of nitrogens with zero attached hydrogens (tertiary/aromatic N) is 1. The first kappa shape index (κ1) is 12.9. The molecule has 0 aliphatic rings. The fourth-order valence-electron chi connectivity index (χ4n) is 1.52. The van der Waals surface area contributed by atoms with Crippen molar-refractivity contribution >= 4 is 5.69 Å². The molecule has 3 N–H and O–H groups in total. The Hall–Kier alpha value is -1.13. The first-order chi connectivity index (χ1) is 7.63. The van der Waals surface area contributed by atoms with Crippen LogP contribution in [0.4, 0.5) is 10.1 Å². The molecule has 0 radical (unpaired) electrons. The Morgan fingerprint density at radius 3 is 2.75 bits per heavy atom. The summed E-state index contributed by atoms with van der Waals surface area (Å²) in [6.07, 6.45) is 1.05. The van der Waals surface area contributed by atoms with Crippen molar-refractivity contribution in [2.45, 2.75) is 13.0 Å². The van der Waals surface area contributed by atoms with Gasteiger partial charge in [-0.25, -0.2) is 4.39 Å². The number of nitrogens with two attached hydrogens (primary N) is 1. The number of benzene rings is 1. The van der Waals surface area contributed by atoms with Gasteiger partial charge >= 0.3 is 0 Å². The highest BCUT2D eigenvalue weighted by molar-refractivity contribution is 5.51. The van der Waals surface area contributed by atoms with E-state index in [1.807, 2.05) is 14.1 Å². The monoisotopic (exact) mass is 225 g/mol. The van der Waals surface area contributed by atoms with Gasteiger partial charge in [-0.05, 0) is 50.8 Å². The molecular weight excluding hydrogens is 205 g/mol. The van der Waals surface area contributed by atoms with Gasteiger partial charge in [0, 0.05) is 18.8 Å². The predicted molar refractivity (Wildman–Crippen MR) is 66.0 cm³/mol. The molecule has 4 heteroatoms. The number of rotatable bonds is 6. The third-order valence-corrected chi connectivity index (χ3v) is 2.38. The van der Waals surface area contributed by atoms with Crippen LogP contribution in [0.5, 0.6) is 0 Å². The van der Waals surface area contributed by atoms with E-state index >= 15 is 0 Å². The maximum Gasteiger partial charge on any atom is 0.123 e. The van der Waals surface area contributed by atoms with Gasteiger partial charge in [-0.3, -0.25) is 0 Å². The Bertz CT molecular complexity index is 326. The van der Waals surface area contributed by atoms with E-state index < -0.39 is 0 Å². The van der Waals surface area contributed by atoms with Crippen LogP contribution in [0.3, 0.4) is 0 Å². The third kappa shape index (κ3) is 4.16. The molecule has 0 fully saturated rings. The van der Waals surface area contributed by atoms with Crippen molar-refractivity contribution in [1.29, 1.82) is 0 Å². The Morgan fingerprint density at radius 1 is 1.38 bits per heavy atom. The topological polar surface area (TPSA) is 41.3 Å². The molecule has 0 bridgehead atoms. The lowest BCUT2D eigenvalue weighted by molar-refractivity contribution is 0.405. The van der Waals surface area contributed by atoms with Crippen LogP contribution in [-0.2, 0) is 6.54 Å². The summed E-state index contributed by atoms with van der Waals surface area (Å²) in [5, 5.41) is 3.27. The zero-order valence-electron chi connectivity index (χ0n) is 9.96. The van der Waals surface area contributed by atoms with Crippen molar-refractivity contribution < 1.29 is 4.39 Å². The fraction of sp³-hybridized carbons (Fsp3) is 0.500. The summed E-state index contributed by atoms with van der Waals surface area (Å²) >= 11 is 0. The number of hydrogen-bond donors (Lipinski definition) is 2. The normalized spacial score (nSPS) is 10.8. The summed E-state index contributed by atoms with van der Waals surface area (Å²) in [5.74, 6) is -0.237. The SMILES string of the molecule is CN(C)CCCNc1ccc(F)cc1CN. The molecule has 0 heterocycles. The lowest BCUT2D eigenvalue weighted by Crippen LogP contribution is -2.17. The molecule has 16 heavy (non-hydrogen) atoms. The molecule has 0 spiro atoms. The van der Waals surface area contributed by atoms with Gasteiger partial charge in [0.1, 0.15) is 5.82 Å². The van der Waals surface area contributed by atoms with Crippen molar-refractivity contribution in [1.82, 2.24) is 4.90 Å². The van der Waals surface area contributed by atoms with E-state index in [-0.39, 0.29) is 5.82 Å². The van der Waals surface area contributed by atoms with E-state index in [1.165, 1.54) is 12.1 Å². The van der Waals surface area contributed by atoms with Gasteiger partial charge < -0.3 is 16.0 Å². The average Bonchev–Trinajstić information content (AvgIpc) is 2.25. The molecule has 0 amide bonds. The molecule has 1 aromatic carbocycles. The van der Waals surface area contributed by atoms with Gasteiger partial charge in [-0.1, -0.05) is 0 Å². The molecule has 1 rings (SSSR count). The summed E-state index contributed by atoms with van der Waals surface area (Å²) in [5.41, 5.74) is 7.31. The minimum absolute atomic E-state index is 0.237. The van der Waals surface area contributed by atoms with Gasteiger partial charge in [-0.2, -0.15) is 0 Å². The molecule has 0 unspecified atom stereocenters. The van der Waals surface area contributed by atoms with Crippen molar-refractivity contribution in [3.8, 4) is 0 Å². The summed E-state index contributed by atoms with van der Waals surface area (Å²) in [6, 6.07) is 4.68. The van der Waals surface area contributed by atoms with Crippen LogP contribution >= 0.6 is 0 Å². The van der Waals surface area contributed by atoms with E-state index in [1.54, 1.807) is 6.07 Å². The van der Waals surface area contributed by atoms with Gasteiger partial charge in [-0.15, -0.1) is 0 Å². The Labute approximate surface area is 96.4 Å². The second-order valence-corrected chi connectivity index (χ2v) is 4.09. The summed E-state index contributed by atoms with van der Waals surface area (Å²) in [7, 11) is 4.09. The van der Waals surface area contributed by atoms with Crippen LogP contribution in [-0.4, -0.2) is 32.1 Å². The van der Waals surface area contributed by atoms with Gasteiger partial charge in [0.25, 0.3) is 0 Å². The van der Waals surface area contributed by atoms with Crippen LogP contribution in [0.1, 0.15) is 12.0 Å². The fourth-order valence-corrected chi connectivity index (χ4v) is 1.52. The number of nitrogens with one attached hydrogen (secondary N) is 1. The highest BCUT2D eigenvalue weighted by Crippen LogP contribution is 2.16. The quantitative estimate of drug-likeness (QED) is 0.723. The summed E-state index contributed by atoms with van der Waals surface area (Å²) in [6.45, 7) is 2.26. The molecule has 0 aromatic heterocycles. The van der Waals surface area contributed by atoms with Crippen molar-refractivity contribution in [2.75, 3.05) is 32.5 Å². The molecule has 1 aromatic rings. The number of hydrogen-bond acceptors (Lipinski definition) is 3. The molecule has 90 valence electrons. The highest BCUT2D eigenvalue weighted by atomic mass is 19.1. The number of halogens is 1. The second-order valence-electron chi connectivity index (χ2n) is 4.09. The van der Waals surface area contributed by atoms with Crippen LogP contribution in [0.15, 0.2) is 18.2 Å². The molecule has 0 saturated heterocycles. The summed E-state index contributed by atoms with van der Waals surface area (Å²) in [4.78, 5) is 2.14. The predicted octanol–water partition coefficient (Wildman–Crippen LogP) is 1.65. The molecule has 3 nitrogen and oxygen atoms in total. The average molecular weight is 225 g/mol. The summed E-state index contributed by atoms with van der Waals surface area (Å²) < 4.78 is 12.9. The maximum absolute atomic E-state index is 12.9. The lowest BCUT2D eigenvalue weighted by atomic mass is 10.1. The van der Waals surface area contributed by atoms with E-state index in [0.717, 1.165) is 30.8 Å². The van der Waals surface area contributed by atoms with E-state index in [2.05, 4.69) is 10.2 Å². The van der Waals surface area contributed by atoms with Crippen molar-refractivity contribution in [3.05, 3.63) is 29.6 Å². The second kappa shape index (κ2) is 6.45. The van der Waals surface area contributed by atoms with Gasteiger partial charge in [0.05, 0.1) is 0 Å². The van der Waals surface area contributed by atoms with E-state index in [4.69, 9.17) is 5.73 Å². The van der Waals surface area contributed by atoms with Crippen LogP contribution in [0.25, 0.3) is 0 Å². The Kier molecular flexibility index (Phi) is 5.22. The third-order valence-electron chi connectivity index (χ3n) is 2.38. The molecule has 0 aliphatic heterocycles. The van der Waals surface area contributed by atoms with Crippen LogP contribution in [0.2, 0.25) is 0 Å². The molecular formula is C12H20FN3. The standard InChI is InChI=1S/C12H20FN3/c1-16(2)7-3-6-15-12-5-4-11(13)8-10(12)9-14/h4-5,8,15H,3,6-7,9,14H2,1-2H3. The lowest BCUT2D eigenvalue weighted by Gasteiger charge is -2.13. The molecule has 0 aliphatic carbocycles. The van der Waals surface area contributed by atoms with Crippen molar-refractivity contribution in [3.63, 3.8) is 0 Å². The zero-order chi connectivity index (χ0) is 12.0. The van der Waals surface area contributed by atoms with Crippen LogP contribution in [0, 0.1) is 5.82 Å². The Balaban J connectivity index is 2.47. The minimum atomic E-state index is -0.237. The largest absolute Gasteiger partial charge is 0.385 e. The van der Waals surface area contributed by atoms with Gasteiger partial charge in [0.2, 0.25) is 0 Å². The van der Waals surface area contributed by atoms with E-state index in [9.17, 15) is 4.39 Å². The maximum atomic E-state index is 12.9. The smallest absolute Gasteiger partial charge is 0.123 e. The molecule has 0 saturated carbocycles. The van der Waals surface area contributed by atoms with Crippen LogP contribution < -0.4 is 11.1 Å².